The minimum Gasteiger partial charge on any atom is -0.398 e. The molecule has 0 saturated carbocycles. The molecule has 0 heterocycles. The van der Waals surface area contributed by atoms with Gasteiger partial charge in [0.15, 0.2) is 0 Å². The summed E-state index contributed by atoms with van der Waals surface area (Å²) >= 11 is 5.78. The summed E-state index contributed by atoms with van der Waals surface area (Å²) in [5.41, 5.74) is 6.70. The first kappa shape index (κ1) is 15.3. The third kappa shape index (κ3) is 3.72. The summed E-state index contributed by atoms with van der Waals surface area (Å²) in [4.78, 5) is 12.0. The number of nitrogens with one attached hydrogen (secondary N) is 1. The SMILES string of the molecule is Nc1cc(C(=O)Nc2ccc(S(N)(=O)=O)cc2)ccc1Cl. The number of rotatable bonds is 3. The van der Waals surface area contributed by atoms with Crippen LogP contribution >= 0.6 is 11.6 Å². The van der Waals surface area contributed by atoms with Gasteiger partial charge >= 0.3 is 0 Å². The fourth-order valence-corrected chi connectivity index (χ4v) is 2.25. The van der Waals surface area contributed by atoms with Gasteiger partial charge in [-0.05, 0) is 42.5 Å². The molecule has 5 N–H and O–H groups in total. The Morgan fingerprint density at radius 3 is 2.24 bits per heavy atom. The van der Waals surface area contributed by atoms with E-state index < -0.39 is 10.0 Å². The number of sulfonamides is 1. The van der Waals surface area contributed by atoms with Gasteiger partial charge in [0.05, 0.1) is 15.6 Å². The van der Waals surface area contributed by atoms with Crippen LogP contribution in [0.4, 0.5) is 11.4 Å². The number of benzene rings is 2. The zero-order valence-electron chi connectivity index (χ0n) is 10.7. The Balaban J connectivity index is 2.18. The standard InChI is InChI=1S/C13H12ClN3O3S/c14-11-6-1-8(7-12(11)15)13(18)17-9-2-4-10(5-3-9)21(16,19)20/h1-7H,15H2,(H,17,18)(H2,16,19,20). The highest BCUT2D eigenvalue weighted by atomic mass is 35.5. The lowest BCUT2D eigenvalue weighted by Gasteiger charge is -2.07. The minimum absolute atomic E-state index is 0.0313. The molecular formula is C13H12ClN3O3S. The number of hydrogen-bond donors (Lipinski definition) is 3. The van der Waals surface area contributed by atoms with Crippen molar-refractivity contribution in [2.24, 2.45) is 5.14 Å². The van der Waals surface area contributed by atoms with E-state index in [1.54, 1.807) is 0 Å². The lowest BCUT2D eigenvalue weighted by molar-refractivity contribution is 0.102. The molecule has 6 nitrogen and oxygen atoms in total. The fraction of sp³-hybridized carbons (Fsp3) is 0. The van der Waals surface area contributed by atoms with Gasteiger partial charge in [0, 0.05) is 11.3 Å². The summed E-state index contributed by atoms with van der Waals surface area (Å²) in [6.07, 6.45) is 0. The summed E-state index contributed by atoms with van der Waals surface area (Å²) in [6.45, 7) is 0. The third-order valence-corrected chi connectivity index (χ3v) is 3.97. The number of nitrogens with two attached hydrogens (primary N) is 2. The second-order valence-electron chi connectivity index (χ2n) is 4.26. The van der Waals surface area contributed by atoms with Crippen LogP contribution in [0, 0.1) is 0 Å². The molecule has 0 saturated heterocycles. The molecule has 8 heteroatoms. The van der Waals surface area contributed by atoms with Gasteiger partial charge in [-0.1, -0.05) is 11.6 Å². The van der Waals surface area contributed by atoms with E-state index in [1.165, 1.54) is 42.5 Å². The molecule has 0 aliphatic carbocycles. The Bertz CT molecular complexity index is 789. The average molecular weight is 326 g/mol. The molecule has 0 fully saturated rings. The minimum atomic E-state index is -3.75. The number of primary sulfonamides is 1. The van der Waals surface area contributed by atoms with Gasteiger partial charge in [0.25, 0.3) is 5.91 Å². The van der Waals surface area contributed by atoms with Crippen LogP contribution in [0.15, 0.2) is 47.4 Å². The Hall–Kier alpha value is -2.09. The maximum Gasteiger partial charge on any atom is 0.255 e. The number of amides is 1. The summed E-state index contributed by atoms with van der Waals surface area (Å²) in [6, 6.07) is 10.0. The van der Waals surface area contributed by atoms with Crippen molar-refractivity contribution in [1.82, 2.24) is 0 Å². The quantitative estimate of drug-likeness (QED) is 0.746. The molecule has 0 radical (unpaired) electrons. The molecule has 0 spiro atoms. The van der Waals surface area contributed by atoms with Gasteiger partial charge < -0.3 is 11.1 Å². The van der Waals surface area contributed by atoms with Crippen molar-refractivity contribution in [2.75, 3.05) is 11.1 Å². The summed E-state index contributed by atoms with van der Waals surface area (Å²) in [5.74, 6) is -0.387. The van der Waals surface area contributed by atoms with Gasteiger partial charge in [0.2, 0.25) is 10.0 Å². The molecule has 110 valence electrons. The average Bonchev–Trinajstić information content (AvgIpc) is 2.41. The first-order valence-electron chi connectivity index (χ1n) is 5.76. The van der Waals surface area contributed by atoms with Gasteiger partial charge in [0.1, 0.15) is 0 Å². The van der Waals surface area contributed by atoms with Gasteiger partial charge in [-0.15, -0.1) is 0 Å². The van der Waals surface area contributed by atoms with Crippen LogP contribution in [0.2, 0.25) is 5.02 Å². The molecule has 0 atom stereocenters. The number of anilines is 2. The Labute approximate surface area is 126 Å². The van der Waals surface area contributed by atoms with Gasteiger partial charge in [-0.25, -0.2) is 13.6 Å². The van der Waals surface area contributed by atoms with Crippen LogP contribution in [0.1, 0.15) is 10.4 Å². The van der Waals surface area contributed by atoms with Crippen LogP contribution in [0.5, 0.6) is 0 Å². The van der Waals surface area contributed by atoms with Crippen LogP contribution in [-0.2, 0) is 10.0 Å². The van der Waals surface area contributed by atoms with E-state index in [0.29, 0.717) is 22.0 Å². The van der Waals surface area contributed by atoms with Crippen molar-refractivity contribution in [1.29, 1.82) is 0 Å². The monoisotopic (exact) mass is 325 g/mol. The van der Waals surface area contributed by atoms with Gasteiger partial charge in [-0.3, -0.25) is 4.79 Å². The normalized spacial score (nSPS) is 11.1. The van der Waals surface area contributed by atoms with Gasteiger partial charge in [-0.2, -0.15) is 0 Å². The zero-order chi connectivity index (χ0) is 15.6. The number of halogens is 1. The Morgan fingerprint density at radius 1 is 1.10 bits per heavy atom. The van der Waals surface area contributed by atoms with E-state index in [0.717, 1.165) is 0 Å². The molecule has 0 bridgehead atoms. The van der Waals surface area contributed by atoms with Crippen LogP contribution in [0.25, 0.3) is 0 Å². The van der Waals surface area contributed by atoms with Crippen LogP contribution < -0.4 is 16.2 Å². The summed E-state index contributed by atoms with van der Waals surface area (Å²) in [7, 11) is -3.75. The largest absolute Gasteiger partial charge is 0.398 e. The first-order valence-corrected chi connectivity index (χ1v) is 7.69. The number of carbonyl (C=O) groups excluding carboxylic acids is 1. The number of nitrogen functional groups attached to an aromatic ring is 1. The molecule has 21 heavy (non-hydrogen) atoms. The van der Waals surface area contributed by atoms with E-state index >= 15 is 0 Å². The number of hydrogen-bond acceptors (Lipinski definition) is 4. The van der Waals surface area contributed by atoms with E-state index in [2.05, 4.69) is 5.32 Å². The van der Waals surface area contributed by atoms with Crippen molar-refractivity contribution in [3.8, 4) is 0 Å². The topological polar surface area (TPSA) is 115 Å². The lowest BCUT2D eigenvalue weighted by Crippen LogP contribution is -2.14. The molecule has 2 aromatic carbocycles. The fourth-order valence-electron chi connectivity index (χ4n) is 1.62. The van der Waals surface area contributed by atoms with E-state index in [-0.39, 0.29) is 10.8 Å². The summed E-state index contributed by atoms with van der Waals surface area (Å²) < 4.78 is 22.2. The highest BCUT2D eigenvalue weighted by Crippen LogP contribution is 2.20. The maximum absolute atomic E-state index is 12.0. The second kappa shape index (κ2) is 5.72. The smallest absolute Gasteiger partial charge is 0.255 e. The van der Waals surface area contributed by atoms with E-state index in [9.17, 15) is 13.2 Å². The van der Waals surface area contributed by atoms with Crippen molar-refractivity contribution in [3.63, 3.8) is 0 Å². The predicted molar refractivity (Wildman–Crippen MR) is 81.6 cm³/mol. The summed E-state index contributed by atoms with van der Waals surface area (Å²) in [5, 5.41) is 7.96. The molecule has 0 aliphatic rings. The molecule has 0 unspecified atom stereocenters. The Morgan fingerprint density at radius 2 is 1.71 bits per heavy atom. The van der Waals surface area contributed by atoms with Crippen molar-refractivity contribution < 1.29 is 13.2 Å². The molecular weight excluding hydrogens is 314 g/mol. The van der Waals surface area contributed by atoms with Crippen molar-refractivity contribution >= 4 is 38.9 Å². The third-order valence-electron chi connectivity index (χ3n) is 2.70. The van der Waals surface area contributed by atoms with E-state index in [4.69, 9.17) is 22.5 Å². The van der Waals surface area contributed by atoms with Crippen molar-refractivity contribution in [2.45, 2.75) is 4.90 Å². The van der Waals surface area contributed by atoms with Crippen LogP contribution in [-0.4, -0.2) is 14.3 Å². The van der Waals surface area contributed by atoms with Crippen LogP contribution in [0.3, 0.4) is 0 Å². The molecule has 2 aromatic rings. The maximum atomic E-state index is 12.0. The highest BCUT2D eigenvalue weighted by molar-refractivity contribution is 7.89. The second-order valence-corrected chi connectivity index (χ2v) is 6.23. The highest BCUT2D eigenvalue weighted by Gasteiger charge is 2.10. The number of carbonyl (C=O) groups is 1. The van der Waals surface area contributed by atoms with E-state index in [1.807, 2.05) is 0 Å². The predicted octanol–water partition coefficient (Wildman–Crippen LogP) is 1.82. The molecule has 1 amide bonds. The lowest BCUT2D eigenvalue weighted by atomic mass is 10.2. The molecule has 0 aliphatic heterocycles. The van der Waals surface area contributed by atoms with Crippen molar-refractivity contribution in [3.05, 3.63) is 53.1 Å². The zero-order valence-corrected chi connectivity index (χ0v) is 12.3. The molecule has 0 aromatic heterocycles. The first-order chi connectivity index (χ1) is 9.77. The molecule has 2 rings (SSSR count). The Kier molecular flexibility index (Phi) is 4.17.